The summed E-state index contributed by atoms with van der Waals surface area (Å²) in [6.07, 6.45) is 31.5. The lowest BCUT2D eigenvalue weighted by Crippen LogP contribution is -2.40. The number of hydrogen-bond acceptors (Lipinski definition) is 3. The van der Waals surface area contributed by atoms with Crippen molar-refractivity contribution in [3.63, 3.8) is 0 Å². The van der Waals surface area contributed by atoms with Crippen molar-refractivity contribution in [1.82, 2.24) is 4.90 Å². The first-order valence-electron chi connectivity index (χ1n) is 11.7. The fourth-order valence-corrected chi connectivity index (χ4v) is 3.31. The molecule has 0 unspecified atom stereocenters. The number of β-amino-alcohol motifs (C(OH)–C–C–N with tert-alkyl or cyclic N) is 1. The second-order valence-electron chi connectivity index (χ2n) is 7.74. The van der Waals surface area contributed by atoms with Crippen molar-refractivity contribution in [2.24, 2.45) is 0 Å². The van der Waals surface area contributed by atoms with Crippen LogP contribution < -0.4 is 0 Å². The van der Waals surface area contributed by atoms with Gasteiger partial charge in [-0.05, 0) is 44.9 Å². The van der Waals surface area contributed by atoms with Crippen molar-refractivity contribution in [2.75, 3.05) is 6.54 Å². The van der Waals surface area contributed by atoms with E-state index in [1.807, 2.05) is 12.2 Å². The molecule has 0 spiro atoms. The number of nitrogens with zero attached hydrogens (tertiary/aromatic N) is 1. The summed E-state index contributed by atoms with van der Waals surface area (Å²) in [5.41, 5.74) is 0. The van der Waals surface area contributed by atoms with Crippen molar-refractivity contribution < 1.29 is 19.8 Å². The van der Waals surface area contributed by atoms with E-state index >= 15 is 0 Å². The minimum absolute atomic E-state index is 0.111. The Balaban J connectivity index is 2.07. The van der Waals surface area contributed by atoms with Crippen LogP contribution in [-0.2, 0) is 9.59 Å². The highest BCUT2D eigenvalue weighted by atomic mass is 16.4. The van der Waals surface area contributed by atoms with Crippen LogP contribution in [0.15, 0.2) is 72.9 Å². The molecule has 0 bridgehead atoms. The summed E-state index contributed by atoms with van der Waals surface area (Å²) in [5.74, 6) is -1.27. The number of carbonyl (C=O) groups excluding carboxylic acids is 1. The summed E-state index contributed by atoms with van der Waals surface area (Å²) in [6.45, 7) is 2.25. The van der Waals surface area contributed by atoms with Crippen LogP contribution in [0.25, 0.3) is 0 Å². The van der Waals surface area contributed by atoms with E-state index in [1.54, 1.807) is 0 Å². The molecule has 0 saturated carbocycles. The van der Waals surface area contributed by atoms with Gasteiger partial charge in [0.05, 0.1) is 6.10 Å². The third-order valence-electron chi connectivity index (χ3n) is 5.01. The number of allylic oxidation sites excluding steroid dienone is 12. The maximum absolute atomic E-state index is 12.2. The van der Waals surface area contributed by atoms with E-state index in [-0.39, 0.29) is 25.3 Å². The maximum Gasteiger partial charge on any atom is 0.326 e. The van der Waals surface area contributed by atoms with Gasteiger partial charge in [0.15, 0.2) is 0 Å². The van der Waals surface area contributed by atoms with Gasteiger partial charge in [0.2, 0.25) is 5.91 Å². The lowest BCUT2D eigenvalue weighted by atomic mass is 10.2. The number of carboxylic acid groups (broad SMARTS) is 1. The smallest absolute Gasteiger partial charge is 0.326 e. The highest BCUT2D eigenvalue weighted by Crippen LogP contribution is 2.19. The van der Waals surface area contributed by atoms with Gasteiger partial charge in [-0.3, -0.25) is 4.79 Å². The molecule has 32 heavy (non-hydrogen) atoms. The normalized spacial score (nSPS) is 19.9. The first-order chi connectivity index (χ1) is 15.6. The molecular weight excluding hydrogens is 402 g/mol. The van der Waals surface area contributed by atoms with Crippen LogP contribution in [0.2, 0.25) is 0 Å². The second-order valence-corrected chi connectivity index (χ2v) is 7.74. The van der Waals surface area contributed by atoms with Crippen molar-refractivity contribution in [3.8, 4) is 0 Å². The van der Waals surface area contributed by atoms with E-state index in [0.717, 1.165) is 38.5 Å². The topological polar surface area (TPSA) is 77.8 Å². The molecule has 1 heterocycles. The van der Waals surface area contributed by atoms with Crippen molar-refractivity contribution in [3.05, 3.63) is 72.9 Å². The molecule has 0 aromatic rings. The number of carboxylic acids is 1. The molecule has 176 valence electrons. The number of rotatable bonds is 15. The molecule has 1 fully saturated rings. The Morgan fingerprint density at radius 3 is 1.66 bits per heavy atom. The second kappa shape index (κ2) is 18.0. The molecule has 0 aliphatic carbocycles. The Morgan fingerprint density at radius 1 is 0.781 bits per heavy atom. The summed E-state index contributed by atoms with van der Waals surface area (Å²) in [4.78, 5) is 24.6. The minimum Gasteiger partial charge on any atom is -0.480 e. The predicted octanol–water partition coefficient (Wildman–Crippen LogP) is 5.51. The van der Waals surface area contributed by atoms with Gasteiger partial charge in [0.1, 0.15) is 6.04 Å². The Bertz CT molecular complexity index is 715. The predicted molar refractivity (Wildman–Crippen MR) is 131 cm³/mol. The van der Waals surface area contributed by atoms with E-state index in [4.69, 9.17) is 5.11 Å². The summed E-state index contributed by atoms with van der Waals surface area (Å²) >= 11 is 0. The zero-order chi connectivity index (χ0) is 23.4. The largest absolute Gasteiger partial charge is 0.480 e. The van der Waals surface area contributed by atoms with Gasteiger partial charge in [-0.1, -0.05) is 79.8 Å². The summed E-state index contributed by atoms with van der Waals surface area (Å²) in [6, 6.07) is -0.900. The Kier molecular flexibility index (Phi) is 15.4. The van der Waals surface area contributed by atoms with Crippen molar-refractivity contribution in [1.29, 1.82) is 0 Å². The average Bonchev–Trinajstić information content (AvgIpc) is 3.17. The number of amides is 1. The molecular formula is C27H39NO4. The first kappa shape index (κ1) is 27.4. The lowest BCUT2D eigenvalue weighted by Gasteiger charge is -2.20. The van der Waals surface area contributed by atoms with Gasteiger partial charge >= 0.3 is 5.97 Å². The van der Waals surface area contributed by atoms with E-state index in [2.05, 4.69) is 67.7 Å². The van der Waals surface area contributed by atoms with Crippen LogP contribution >= 0.6 is 0 Å². The third kappa shape index (κ3) is 12.9. The Labute approximate surface area is 193 Å². The molecule has 0 radical (unpaired) electrons. The Hall–Kier alpha value is -2.66. The highest BCUT2D eigenvalue weighted by molar-refractivity contribution is 5.84. The average molecular weight is 442 g/mol. The van der Waals surface area contributed by atoms with Gasteiger partial charge in [-0.15, -0.1) is 0 Å². The van der Waals surface area contributed by atoms with Crippen LogP contribution in [-0.4, -0.2) is 45.7 Å². The van der Waals surface area contributed by atoms with E-state index in [9.17, 15) is 14.7 Å². The van der Waals surface area contributed by atoms with Crippen LogP contribution in [0, 0.1) is 0 Å². The molecule has 2 atom stereocenters. The standard InChI is InChI=1S/C27H39NO4/c1-2-3-4-5-6-7-8-9-10-11-12-13-14-15-16-17-18-19-20-21-26(30)28-23-24(29)22-25(28)27(31)32/h3-4,6-7,9-10,12-13,15-16,18-19,24-25,29H,2,5,8,11,14,17,20-23H2,1H3,(H,31,32)/b4-3-,7-6-,10-9-,13-12-,16-15-,19-18-/t24-,25+/m1/s1. The number of hydrogen-bond donors (Lipinski definition) is 2. The van der Waals surface area contributed by atoms with Crippen LogP contribution in [0.5, 0.6) is 0 Å². The molecule has 1 aliphatic heterocycles. The molecule has 0 aromatic heterocycles. The molecule has 1 amide bonds. The maximum atomic E-state index is 12.2. The molecule has 2 N–H and O–H groups in total. The zero-order valence-corrected chi connectivity index (χ0v) is 19.3. The van der Waals surface area contributed by atoms with Gasteiger partial charge in [-0.25, -0.2) is 4.79 Å². The fraction of sp³-hybridized carbons (Fsp3) is 0.481. The van der Waals surface area contributed by atoms with Crippen molar-refractivity contribution in [2.45, 2.75) is 76.9 Å². The van der Waals surface area contributed by atoms with E-state index < -0.39 is 18.1 Å². The van der Waals surface area contributed by atoms with Crippen LogP contribution in [0.4, 0.5) is 0 Å². The summed E-state index contributed by atoms with van der Waals surface area (Å²) < 4.78 is 0. The number of aliphatic hydroxyl groups is 1. The van der Waals surface area contributed by atoms with Crippen LogP contribution in [0.1, 0.15) is 64.7 Å². The molecule has 1 saturated heterocycles. The zero-order valence-electron chi connectivity index (χ0n) is 19.3. The molecule has 0 aromatic carbocycles. The Morgan fingerprint density at radius 2 is 1.22 bits per heavy atom. The van der Waals surface area contributed by atoms with Crippen LogP contribution in [0.3, 0.4) is 0 Å². The number of aliphatic carboxylic acids is 1. The highest BCUT2D eigenvalue weighted by Gasteiger charge is 2.38. The van der Waals surface area contributed by atoms with Gasteiger partial charge in [0, 0.05) is 19.4 Å². The monoisotopic (exact) mass is 441 g/mol. The van der Waals surface area contributed by atoms with Gasteiger partial charge < -0.3 is 15.1 Å². The molecule has 1 rings (SSSR count). The third-order valence-corrected chi connectivity index (χ3v) is 5.01. The first-order valence-corrected chi connectivity index (χ1v) is 11.7. The molecule has 1 aliphatic rings. The lowest BCUT2D eigenvalue weighted by molar-refractivity contribution is -0.148. The quantitative estimate of drug-likeness (QED) is 0.329. The summed E-state index contributed by atoms with van der Waals surface area (Å²) in [7, 11) is 0. The molecule has 5 nitrogen and oxygen atoms in total. The van der Waals surface area contributed by atoms with E-state index in [0.29, 0.717) is 6.42 Å². The SMILES string of the molecule is CC/C=C\C/C=C\C/C=C\C/C=C\C/C=C\C/C=C\CCC(=O)N1C[C@H](O)C[C@H]1C(=O)O. The number of aliphatic hydroxyl groups excluding tert-OH is 1. The van der Waals surface area contributed by atoms with Crippen molar-refractivity contribution >= 4 is 11.9 Å². The number of carbonyl (C=O) groups is 2. The van der Waals surface area contributed by atoms with E-state index in [1.165, 1.54) is 4.90 Å². The van der Waals surface area contributed by atoms with Gasteiger partial charge in [0.25, 0.3) is 0 Å². The fourth-order valence-electron chi connectivity index (χ4n) is 3.31. The molecule has 5 heteroatoms. The summed E-state index contributed by atoms with van der Waals surface area (Å²) in [5, 5.41) is 18.8. The van der Waals surface area contributed by atoms with Gasteiger partial charge in [-0.2, -0.15) is 0 Å². The number of likely N-dealkylation sites (tertiary alicyclic amines) is 1. The minimum atomic E-state index is -1.05.